The van der Waals surface area contributed by atoms with Crippen LogP contribution in [0.4, 0.5) is 4.39 Å². The highest BCUT2D eigenvalue weighted by Gasteiger charge is 2.33. The van der Waals surface area contributed by atoms with Crippen LogP contribution in [-0.2, 0) is 16.3 Å². The molecule has 1 atom stereocenters. The highest BCUT2D eigenvalue weighted by Crippen LogP contribution is 2.18. The van der Waals surface area contributed by atoms with Crippen LogP contribution in [0.5, 0.6) is 0 Å². The molecule has 0 N–H and O–H groups in total. The summed E-state index contributed by atoms with van der Waals surface area (Å²) in [6, 6.07) is 9.42. The number of halogens is 1. The van der Waals surface area contributed by atoms with Crippen molar-refractivity contribution in [1.29, 1.82) is 0 Å². The number of carbonyl (C=O) groups is 1. The summed E-state index contributed by atoms with van der Waals surface area (Å²) < 4.78 is 36.4. The second kappa shape index (κ2) is 6.92. The smallest absolute Gasteiger partial charge is 0.255 e. The summed E-state index contributed by atoms with van der Waals surface area (Å²) in [6.07, 6.45) is 2.43. The van der Waals surface area contributed by atoms with E-state index in [1.807, 2.05) is 6.07 Å². The number of hydrogen-bond acceptors (Lipinski definition) is 4. The van der Waals surface area contributed by atoms with Gasteiger partial charge in [0.2, 0.25) is 0 Å². The Morgan fingerprint density at radius 2 is 2.12 bits per heavy atom. The molecular weight excluding hydrogens is 343 g/mol. The van der Waals surface area contributed by atoms with Crippen LogP contribution < -0.4 is 0 Å². The number of sulfone groups is 1. The number of amides is 1. The molecule has 2 heterocycles. The third-order valence-electron chi connectivity index (χ3n) is 4.42. The Morgan fingerprint density at radius 3 is 2.72 bits per heavy atom. The van der Waals surface area contributed by atoms with E-state index in [-0.39, 0.29) is 29.3 Å². The number of benzene rings is 1. The van der Waals surface area contributed by atoms with Crippen LogP contribution in [0.1, 0.15) is 28.0 Å². The number of aromatic nitrogens is 1. The third-order valence-corrected chi connectivity index (χ3v) is 6.17. The molecule has 1 aromatic heterocycles. The average Bonchev–Trinajstić information content (AvgIpc) is 2.94. The van der Waals surface area contributed by atoms with Crippen LogP contribution in [0.15, 0.2) is 42.6 Å². The molecule has 7 heteroatoms. The largest absolute Gasteiger partial charge is 0.338 e. The molecule has 5 nitrogen and oxygen atoms in total. The highest BCUT2D eigenvalue weighted by molar-refractivity contribution is 7.91. The number of pyridine rings is 1. The van der Waals surface area contributed by atoms with E-state index >= 15 is 0 Å². The summed E-state index contributed by atoms with van der Waals surface area (Å²) in [5.41, 5.74) is 1.95. The molecule has 1 fully saturated rings. The molecule has 0 bridgehead atoms. The van der Waals surface area contributed by atoms with E-state index in [1.54, 1.807) is 25.2 Å². The van der Waals surface area contributed by atoms with Crippen molar-refractivity contribution in [3.63, 3.8) is 0 Å². The van der Waals surface area contributed by atoms with E-state index in [1.165, 1.54) is 23.2 Å². The number of rotatable bonds is 4. The van der Waals surface area contributed by atoms with E-state index < -0.39 is 9.84 Å². The van der Waals surface area contributed by atoms with Crippen molar-refractivity contribution in [3.8, 4) is 0 Å². The predicted octanol–water partition coefficient (Wildman–Crippen LogP) is 2.07. The lowest BCUT2D eigenvalue weighted by Gasteiger charge is -2.23. The van der Waals surface area contributed by atoms with Crippen LogP contribution in [0.3, 0.4) is 0 Å². The third kappa shape index (κ3) is 4.22. The zero-order valence-electron chi connectivity index (χ0n) is 13.9. The lowest BCUT2D eigenvalue weighted by atomic mass is 10.1. The molecule has 1 aliphatic heterocycles. The topological polar surface area (TPSA) is 67.3 Å². The van der Waals surface area contributed by atoms with Gasteiger partial charge in [-0.3, -0.25) is 9.78 Å². The summed E-state index contributed by atoms with van der Waals surface area (Å²) in [4.78, 5) is 18.3. The first kappa shape index (κ1) is 17.5. The van der Waals surface area contributed by atoms with Gasteiger partial charge in [0.25, 0.3) is 5.91 Å². The molecule has 0 aliphatic carbocycles. The number of carbonyl (C=O) groups excluding carboxylic acids is 1. The van der Waals surface area contributed by atoms with Crippen LogP contribution in [-0.4, -0.2) is 48.8 Å². The van der Waals surface area contributed by atoms with Gasteiger partial charge < -0.3 is 4.90 Å². The van der Waals surface area contributed by atoms with Gasteiger partial charge in [-0.2, -0.15) is 0 Å². The second-order valence-electron chi connectivity index (χ2n) is 6.32. The van der Waals surface area contributed by atoms with Crippen molar-refractivity contribution in [3.05, 3.63) is 65.2 Å². The van der Waals surface area contributed by atoms with Gasteiger partial charge in [-0.15, -0.1) is 0 Å². The Labute approximate surface area is 146 Å². The van der Waals surface area contributed by atoms with Crippen molar-refractivity contribution in [2.45, 2.75) is 18.9 Å². The fourth-order valence-electron chi connectivity index (χ4n) is 2.96. The maximum Gasteiger partial charge on any atom is 0.255 e. The number of nitrogens with zero attached hydrogens (tertiary/aromatic N) is 2. The van der Waals surface area contributed by atoms with Gasteiger partial charge in [-0.05, 0) is 36.2 Å². The summed E-state index contributed by atoms with van der Waals surface area (Å²) >= 11 is 0. The lowest BCUT2D eigenvalue weighted by molar-refractivity contribution is 0.0747. The van der Waals surface area contributed by atoms with Crippen molar-refractivity contribution < 1.29 is 17.6 Å². The standard InChI is InChI=1S/C18H19FN2O3S/c1-21(17-7-8-25(23,24)12-17)18(22)14-5-6-16(20-11-14)10-13-3-2-4-15(19)9-13/h2-6,9,11,17H,7-8,10,12H2,1H3/t17-/m0/s1. The first-order chi connectivity index (χ1) is 11.8. The molecule has 25 heavy (non-hydrogen) atoms. The van der Waals surface area contributed by atoms with Gasteiger partial charge in [0.15, 0.2) is 9.84 Å². The molecule has 3 rings (SSSR count). The minimum absolute atomic E-state index is 0.0142. The molecule has 0 spiro atoms. The van der Waals surface area contributed by atoms with Crippen LogP contribution in [0.25, 0.3) is 0 Å². The van der Waals surface area contributed by atoms with Gasteiger partial charge >= 0.3 is 0 Å². The van der Waals surface area contributed by atoms with Crippen LogP contribution >= 0.6 is 0 Å². The first-order valence-corrected chi connectivity index (χ1v) is 9.83. The first-order valence-electron chi connectivity index (χ1n) is 8.01. The SMILES string of the molecule is CN(C(=O)c1ccc(Cc2cccc(F)c2)nc1)[C@H]1CCS(=O)(=O)C1. The molecule has 1 aromatic carbocycles. The molecule has 2 aromatic rings. The van der Waals surface area contributed by atoms with Crippen molar-refractivity contribution in [1.82, 2.24) is 9.88 Å². The van der Waals surface area contributed by atoms with Gasteiger partial charge in [-0.1, -0.05) is 12.1 Å². The molecule has 1 saturated heterocycles. The summed E-state index contributed by atoms with van der Waals surface area (Å²) in [6.45, 7) is 0. The molecule has 0 unspecified atom stereocenters. The Kier molecular flexibility index (Phi) is 4.85. The lowest BCUT2D eigenvalue weighted by Crippen LogP contribution is -2.37. The van der Waals surface area contributed by atoms with Crippen molar-refractivity contribution in [2.24, 2.45) is 0 Å². The predicted molar refractivity (Wildman–Crippen MR) is 92.6 cm³/mol. The Hall–Kier alpha value is -2.28. The van der Waals surface area contributed by atoms with Crippen LogP contribution in [0.2, 0.25) is 0 Å². The van der Waals surface area contributed by atoms with E-state index in [9.17, 15) is 17.6 Å². The van der Waals surface area contributed by atoms with Crippen molar-refractivity contribution in [2.75, 3.05) is 18.6 Å². The fourth-order valence-corrected chi connectivity index (χ4v) is 4.74. The Balaban J connectivity index is 1.68. The molecular formula is C18H19FN2O3S. The maximum atomic E-state index is 13.2. The molecule has 132 valence electrons. The quantitative estimate of drug-likeness (QED) is 0.835. The van der Waals surface area contributed by atoms with E-state index in [2.05, 4.69) is 4.98 Å². The maximum absolute atomic E-state index is 13.2. The zero-order valence-corrected chi connectivity index (χ0v) is 14.7. The highest BCUT2D eigenvalue weighted by atomic mass is 32.2. The summed E-state index contributed by atoms with van der Waals surface area (Å²) in [7, 11) is -1.42. The van der Waals surface area contributed by atoms with E-state index in [4.69, 9.17) is 0 Å². The van der Waals surface area contributed by atoms with Crippen molar-refractivity contribution >= 4 is 15.7 Å². The molecule has 0 radical (unpaired) electrons. The Bertz CT molecular complexity index is 881. The van der Waals surface area contributed by atoms with Crippen LogP contribution in [0, 0.1) is 5.82 Å². The van der Waals surface area contributed by atoms with E-state index in [0.717, 1.165) is 11.3 Å². The summed E-state index contributed by atoms with van der Waals surface area (Å²) in [5, 5.41) is 0. The molecule has 1 amide bonds. The minimum atomic E-state index is -3.04. The monoisotopic (exact) mass is 362 g/mol. The summed E-state index contributed by atoms with van der Waals surface area (Å²) in [5.74, 6) is -0.398. The molecule has 0 saturated carbocycles. The fraction of sp³-hybridized carbons (Fsp3) is 0.333. The Morgan fingerprint density at radius 1 is 1.32 bits per heavy atom. The van der Waals surface area contributed by atoms with Gasteiger partial charge in [0.1, 0.15) is 5.82 Å². The average molecular weight is 362 g/mol. The normalized spacial score (nSPS) is 18.9. The van der Waals surface area contributed by atoms with E-state index in [0.29, 0.717) is 18.4 Å². The minimum Gasteiger partial charge on any atom is -0.338 e. The molecule has 1 aliphatic rings. The zero-order chi connectivity index (χ0) is 18.0. The second-order valence-corrected chi connectivity index (χ2v) is 8.55. The van der Waals surface area contributed by atoms with Gasteiger partial charge in [0.05, 0.1) is 17.1 Å². The van der Waals surface area contributed by atoms with Gasteiger partial charge in [0, 0.05) is 31.4 Å². The van der Waals surface area contributed by atoms with Gasteiger partial charge in [-0.25, -0.2) is 12.8 Å². The number of hydrogen-bond donors (Lipinski definition) is 0.